The van der Waals surface area contributed by atoms with Crippen LogP contribution < -0.4 is 10.6 Å². The Kier molecular flexibility index (Phi) is 7.25. The molecule has 1 saturated carbocycles. The molecule has 2 aromatic rings. The number of nitrogens with zero attached hydrogens (tertiary/aromatic N) is 2. The van der Waals surface area contributed by atoms with Gasteiger partial charge in [0.2, 0.25) is 11.8 Å². The fraction of sp³-hybridized carbons (Fsp3) is 0.593. The highest BCUT2D eigenvalue weighted by Gasteiger charge is 2.49. The predicted octanol–water partition coefficient (Wildman–Crippen LogP) is 3.76. The Hall–Kier alpha value is -2.60. The van der Waals surface area contributed by atoms with Crippen LogP contribution in [0.15, 0.2) is 24.3 Å². The van der Waals surface area contributed by atoms with Crippen LogP contribution in [-0.2, 0) is 9.59 Å². The lowest BCUT2D eigenvalue weighted by atomic mass is 9.72. The Labute approximate surface area is 216 Å². The molecule has 3 fully saturated rings. The first kappa shape index (κ1) is 25.1. The van der Waals surface area contributed by atoms with E-state index in [4.69, 9.17) is 11.6 Å². The number of nitriles is 1. The fourth-order valence-corrected chi connectivity index (χ4v) is 6.70. The van der Waals surface area contributed by atoms with E-state index in [1.54, 1.807) is 6.07 Å². The number of rotatable bonds is 6. The number of aromatic amines is 1. The molecular formula is C27H34ClN5O3. The summed E-state index contributed by atoms with van der Waals surface area (Å²) in [5.41, 5.74) is 1.34. The van der Waals surface area contributed by atoms with Crippen molar-refractivity contribution in [1.29, 1.82) is 5.26 Å². The molecule has 0 bridgehead atoms. The molecule has 1 aromatic carbocycles. The summed E-state index contributed by atoms with van der Waals surface area (Å²) in [4.78, 5) is 30.9. The first-order chi connectivity index (χ1) is 17.4. The van der Waals surface area contributed by atoms with Gasteiger partial charge in [-0.2, -0.15) is 5.26 Å². The molecule has 9 heteroatoms. The number of nitrogens with one attached hydrogen (secondary N) is 3. The molecule has 1 aliphatic carbocycles. The van der Waals surface area contributed by atoms with Crippen LogP contribution in [0, 0.1) is 22.7 Å². The number of para-hydroxylation sites is 1. The number of carbonyl (C=O) groups excluding carboxylic acids is 2. The first-order valence-corrected chi connectivity index (χ1v) is 13.5. The number of fused-ring (bicyclic) bond motifs is 1. The number of benzene rings is 1. The molecule has 3 heterocycles. The second-order valence-electron chi connectivity index (χ2n) is 10.8. The van der Waals surface area contributed by atoms with Gasteiger partial charge in [0.1, 0.15) is 12.3 Å². The van der Waals surface area contributed by atoms with E-state index in [1.807, 2.05) is 23.1 Å². The standard InChI is InChI=1S/C27H34ClN5O3/c28-20-8-4-6-17-13-21(32-23(17)20)26(36)33-16-27(9-2-1-3-10-27)14-22(33)25(35)31-19(15-29)12-18-7-5-11-30-24(18)34/h4,6,8,13,18-19,22,26,32,36H,1-3,5,7,9-12,14,16H2,(H,30,34)(H,31,35). The number of likely N-dealkylation sites (tertiary alicyclic amines) is 1. The van der Waals surface area contributed by atoms with Gasteiger partial charge >= 0.3 is 0 Å². The largest absolute Gasteiger partial charge is 0.372 e. The molecule has 2 saturated heterocycles. The van der Waals surface area contributed by atoms with Crippen molar-refractivity contribution in [3.8, 4) is 6.07 Å². The minimum Gasteiger partial charge on any atom is -0.372 e. The van der Waals surface area contributed by atoms with E-state index in [-0.39, 0.29) is 23.1 Å². The number of halogens is 1. The third kappa shape index (κ3) is 4.97. The minimum absolute atomic E-state index is 0.0176. The SMILES string of the molecule is N#CC(CC1CCCNC1=O)NC(=O)C1CC2(CCCCC2)CN1C(O)c1cc2cccc(Cl)c2[nH]1. The van der Waals surface area contributed by atoms with Gasteiger partial charge in [-0.3, -0.25) is 14.5 Å². The number of aliphatic hydroxyl groups is 1. The van der Waals surface area contributed by atoms with Crippen LogP contribution in [0.25, 0.3) is 10.9 Å². The Bertz CT molecular complexity index is 1170. The molecule has 0 radical (unpaired) electrons. The second kappa shape index (κ2) is 10.4. The van der Waals surface area contributed by atoms with E-state index in [2.05, 4.69) is 21.7 Å². The lowest BCUT2D eigenvalue weighted by Crippen LogP contribution is -2.49. The van der Waals surface area contributed by atoms with E-state index >= 15 is 0 Å². The van der Waals surface area contributed by atoms with Crippen LogP contribution in [0.4, 0.5) is 0 Å². The first-order valence-electron chi connectivity index (χ1n) is 13.1. The Balaban J connectivity index is 1.36. The zero-order chi connectivity index (χ0) is 25.3. The summed E-state index contributed by atoms with van der Waals surface area (Å²) in [5.74, 6) is -0.574. The van der Waals surface area contributed by atoms with Gasteiger partial charge in [0, 0.05) is 24.4 Å². The summed E-state index contributed by atoms with van der Waals surface area (Å²) in [7, 11) is 0. The number of H-pyrrole nitrogens is 1. The van der Waals surface area contributed by atoms with Gasteiger partial charge in [-0.25, -0.2) is 0 Å². The monoisotopic (exact) mass is 511 g/mol. The highest BCUT2D eigenvalue weighted by molar-refractivity contribution is 6.35. The molecule has 4 N–H and O–H groups in total. The quantitative estimate of drug-likeness (QED) is 0.470. The highest BCUT2D eigenvalue weighted by Crippen LogP contribution is 2.48. The second-order valence-corrected chi connectivity index (χ2v) is 11.2. The molecule has 4 atom stereocenters. The van der Waals surface area contributed by atoms with Crippen molar-refractivity contribution in [2.75, 3.05) is 13.1 Å². The van der Waals surface area contributed by atoms with Crippen LogP contribution in [0.3, 0.4) is 0 Å². The summed E-state index contributed by atoms with van der Waals surface area (Å²) >= 11 is 6.34. The average molecular weight is 512 g/mol. The third-order valence-electron chi connectivity index (χ3n) is 8.37. The van der Waals surface area contributed by atoms with Gasteiger partial charge in [-0.05, 0) is 56.1 Å². The molecule has 4 unspecified atom stereocenters. The van der Waals surface area contributed by atoms with Crippen LogP contribution in [0.2, 0.25) is 5.02 Å². The maximum Gasteiger partial charge on any atom is 0.238 e. The van der Waals surface area contributed by atoms with E-state index in [0.29, 0.717) is 36.6 Å². The Morgan fingerprint density at radius 3 is 2.83 bits per heavy atom. The molecule has 2 amide bonds. The van der Waals surface area contributed by atoms with Gasteiger partial charge in [0.05, 0.1) is 28.3 Å². The van der Waals surface area contributed by atoms with Crippen molar-refractivity contribution >= 4 is 34.3 Å². The fourth-order valence-electron chi connectivity index (χ4n) is 6.47. The van der Waals surface area contributed by atoms with E-state index in [0.717, 1.165) is 49.4 Å². The van der Waals surface area contributed by atoms with Crippen LogP contribution in [-0.4, -0.2) is 52.0 Å². The molecule has 36 heavy (non-hydrogen) atoms. The van der Waals surface area contributed by atoms with Crippen molar-refractivity contribution in [2.45, 2.75) is 76.1 Å². The summed E-state index contributed by atoms with van der Waals surface area (Å²) in [6.45, 7) is 1.28. The van der Waals surface area contributed by atoms with Gasteiger partial charge in [0.25, 0.3) is 0 Å². The maximum absolute atomic E-state index is 13.6. The van der Waals surface area contributed by atoms with Crippen molar-refractivity contribution in [2.24, 2.45) is 11.3 Å². The predicted molar refractivity (Wildman–Crippen MR) is 137 cm³/mol. The third-order valence-corrected chi connectivity index (χ3v) is 8.69. The molecule has 5 rings (SSSR count). The van der Waals surface area contributed by atoms with Gasteiger partial charge in [-0.1, -0.05) is 43.0 Å². The zero-order valence-corrected chi connectivity index (χ0v) is 21.2. The molecule has 192 valence electrons. The minimum atomic E-state index is -1.00. The number of aliphatic hydroxyl groups excluding tert-OH is 1. The molecular weight excluding hydrogens is 478 g/mol. The molecule has 8 nitrogen and oxygen atoms in total. The number of aromatic nitrogens is 1. The molecule has 2 aliphatic heterocycles. The van der Waals surface area contributed by atoms with Crippen molar-refractivity contribution in [1.82, 2.24) is 20.5 Å². The van der Waals surface area contributed by atoms with Crippen molar-refractivity contribution in [3.05, 3.63) is 35.0 Å². The average Bonchev–Trinajstić information content (AvgIpc) is 3.48. The smallest absolute Gasteiger partial charge is 0.238 e. The zero-order valence-electron chi connectivity index (χ0n) is 20.4. The topological polar surface area (TPSA) is 121 Å². The van der Waals surface area contributed by atoms with E-state index in [1.165, 1.54) is 6.42 Å². The highest BCUT2D eigenvalue weighted by atomic mass is 35.5. The number of hydrogen-bond acceptors (Lipinski definition) is 5. The van der Waals surface area contributed by atoms with Crippen LogP contribution in [0.5, 0.6) is 0 Å². The number of carbonyl (C=O) groups is 2. The summed E-state index contributed by atoms with van der Waals surface area (Å²) in [5, 5.41) is 28.5. The molecule has 1 aromatic heterocycles. The summed E-state index contributed by atoms with van der Waals surface area (Å²) < 4.78 is 0. The van der Waals surface area contributed by atoms with E-state index in [9.17, 15) is 20.0 Å². The summed E-state index contributed by atoms with van der Waals surface area (Å²) in [6, 6.07) is 8.36. The normalized spacial score (nSPS) is 25.9. The maximum atomic E-state index is 13.6. The number of amides is 2. The van der Waals surface area contributed by atoms with Crippen LogP contribution in [0.1, 0.15) is 69.7 Å². The Morgan fingerprint density at radius 2 is 2.11 bits per heavy atom. The lowest BCUT2D eigenvalue weighted by Gasteiger charge is -2.34. The summed E-state index contributed by atoms with van der Waals surface area (Å²) in [6.07, 6.45) is 7.05. The van der Waals surface area contributed by atoms with Crippen molar-refractivity contribution in [3.63, 3.8) is 0 Å². The Morgan fingerprint density at radius 1 is 1.31 bits per heavy atom. The van der Waals surface area contributed by atoms with Gasteiger partial charge < -0.3 is 20.7 Å². The van der Waals surface area contributed by atoms with Gasteiger partial charge in [-0.15, -0.1) is 0 Å². The van der Waals surface area contributed by atoms with Crippen LogP contribution >= 0.6 is 11.6 Å². The molecule has 1 spiro atoms. The van der Waals surface area contributed by atoms with Gasteiger partial charge in [0.15, 0.2) is 0 Å². The molecule has 3 aliphatic rings. The lowest BCUT2D eigenvalue weighted by molar-refractivity contribution is -0.131. The van der Waals surface area contributed by atoms with E-state index < -0.39 is 18.3 Å². The number of hydrogen-bond donors (Lipinski definition) is 4. The van der Waals surface area contributed by atoms with Crippen molar-refractivity contribution < 1.29 is 14.7 Å². The number of piperidine rings is 1.